The van der Waals surface area contributed by atoms with Crippen molar-refractivity contribution in [2.75, 3.05) is 35.4 Å². The van der Waals surface area contributed by atoms with Crippen molar-refractivity contribution in [2.24, 2.45) is 0 Å². The number of alkyl carbamates (subject to hydrolysis) is 1. The Morgan fingerprint density at radius 2 is 1.25 bits per heavy atom. The molecular weight excluding hydrogens is 741 g/mol. The second-order valence-electron chi connectivity index (χ2n) is 10.3. The lowest BCUT2D eigenvalue weighted by Gasteiger charge is -2.15. The van der Waals surface area contributed by atoms with Gasteiger partial charge in [-0.1, -0.05) is 83.3 Å². The van der Waals surface area contributed by atoms with E-state index in [4.69, 9.17) is 9.47 Å². The van der Waals surface area contributed by atoms with Crippen molar-refractivity contribution in [3.05, 3.63) is 81.8 Å². The summed E-state index contributed by atoms with van der Waals surface area (Å²) in [6, 6.07) is 17.0. The van der Waals surface area contributed by atoms with Crippen LogP contribution in [0.2, 0.25) is 0 Å². The molecule has 0 radical (unpaired) electrons. The Hall–Kier alpha value is -4.34. The van der Waals surface area contributed by atoms with E-state index in [0.29, 0.717) is 23.0 Å². The Morgan fingerprint density at radius 1 is 0.725 bits per heavy atom. The zero-order chi connectivity index (χ0) is 36.3. The van der Waals surface area contributed by atoms with E-state index in [1.54, 1.807) is 23.9 Å². The molecule has 2 heterocycles. The van der Waals surface area contributed by atoms with Gasteiger partial charge in [0.15, 0.2) is 0 Å². The first-order chi connectivity index (χ1) is 24.8. The van der Waals surface area contributed by atoms with Crippen molar-refractivity contribution in [1.82, 2.24) is 30.4 Å². The Labute approximate surface area is 309 Å². The third kappa shape index (κ3) is 14.4. The van der Waals surface area contributed by atoms with Crippen molar-refractivity contribution in [1.29, 1.82) is 0 Å². The molecular formula is C31H36N8O8S4. The van der Waals surface area contributed by atoms with E-state index < -0.39 is 41.9 Å². The maximum atomic E-state index is 12.8. The second-order valence-corrected chi connectivity index (χ2v) is 14.7. The van der Waals surface area contributed by atoms with Gasteiger partial charge in [-0.15, -0.1) is 20.4 Å². The Morgan fingerprint density at radius 3 is 1.78 bits per heavy atom. The first-order valence-corrected chi connectivity index (χ1v) is 19.1. The summed E-state index contributed by atoms with van der Waals surface area (Å²) in [5, 5.41) is 44.0. The first-order valence-electron chi connectivity index (χ1n) is 15.5. The lowest BCUT2D eigenvalue weighted by atomic mass is 10.2. The zero-order valence-electron chi connectivity index (χ0n) is 27.1. The second kappa shape index (κ2) is 21.8. The van der Waals surface area contributed by atoms with Gasteiger partial charge in [-0.3, -0.25) is 24.9 Å². The molecule has 4 aromatic rings. The fourth-order valence-corrected chi connectivity index (χ4v) is 7.25. The van der Waals surface area contributed by atoms with Crippen LogP contribution in [0.15, 0.2) is 60.7 Å². The Kier molecular flexibility index (Phi) is 16.8. The quantitative estimate of drug-likeness (QED) is 0.0559. The number of hydrogen-bond acceptors (Lipinski definition) is 16. The van der Waals surface area contributed by atoms with Crippen LogP contribution < -0.4 is 20.7 Å². The third-order valence-electron chi connectivity index (χ3n) is 6.50. The molecule has 20 heteroatoms. The van der Waals surface area contributed by atoms with Crippen LogP contribution in [0.3, 0.4) is 0 Å². The molecule has 0 aliphatic rings. The van der Waals surface area contributed by atoms with E-state index in [2.05, 4.69) is 41.1 Å². The van der Waals surface area contributed by atoms with E-state index in [-0.39, 0.29) is 31.4 Å². The minimum Gasteiger partial charge on any atom is -0.445 e. The van der Waals surface area contributed by atoms with Crippen LogP contribution in [0.5, 0.6) is 0 Å². The number of rotatable bonds is 20. The average molecular weight is 777 g/mol. The summed E-state index contributed by atoms with van der Waals surface area (Å²) >= 11 is 4.93. The molecule has 0 aliphatic carbocycles. The molecule has 16 nitrogen and oxygen atoms in total. The van der Waals surface area contributed by atoms with E-state index in [9.17, 15) is 29.4 Å². The molecule has 272 valence electrons. The van der Waals surface area contributed by atoms with Crippen LogP contribution in [-0.4, -0.2) is 90.6 Å². The van der Waals surface area contributed by atoms with Gasteiger partial charge in [0.05, 0.1) is 6.61 Å². The summed E-state index contributed by atoms with van der Waals surface area (Å²) in [7, 11) is 0. The molecule has 2 aromatic carbocycles. The van der Waals surface area contributed by atoms with Crippen LogP contribution in [0.25, 0.3) is 0 Å². The topological polar surface area (TPSA) is 227 Å². The van der Waals surface area contributed by atoms with E-state index >= 15 is 0 Å². The number of nitrogens with zero attached hydrogens (tertiary/aromatic N) is 4. The standard InChI is InChI=1S/C31H36N8O8S4/c40-14-11-23(51-39-31(45)47-19-21-9-5-2-6-10-21)27(43)34-29-38-36-25(50-29)13-16-48-15-12-24-35-37-28(49-24)33-26(42)22(17-41)32-30(44)46-18-20-7-3-1-4-8-20/h1-10,22-23,40-41H,11-19H2,(H,32,44)(H,39,45)(H,33,37,42)(H,34,38,43)/t22-,23?/m0/s1. The van der Waals surface area contributed by atoms with Gasteiger partial charge in [-0.2, -0.15) is 11.8 Å². The molecule has 0 fully saturated rings. The van der Waals surface area contributed by atoms with Gasteiger partial charge in [0.25, 0.3) is 5.91 Å². The van der Waals surface area contributed by atoms with Crippen molar-refractivity contribution in [3.8, 4) is 0 Å². The molecule has 0 saturated heterocycles. The van der Waals surface area contributed by atoms with Gasteiger partial charge in [-0.05, 0) is 41.0 Å². The summed E-state index contributed by atoms with van der Waals surface area (Å²) in [5.41, 5.74) is 1.61. The molecule has 51 heavy (non-hydrogen) atoms. The number of hydrogen-bond donors (Lipinski definition) is 6. The molecule has 0 saturated carbocycles. The number of aryl methyl sites for hydroxylation is 2. The highest BCUT2D eigenvalue weighted by molar-refractivity contribution is 7.99. The molecule has 2 aromatic heterocycles. The summed E-state index contributed by atoms with van der Waals surface area (Å²) in [5.74, 6) is 0.358. The number of anilines is 2. The SMILES string of the molecule is O=C(NSC(CCO)C(=O)Nc1nnc(CCSCCc2nnc(NC(=O)[C@H](CO)NC(=O)OCc3ccccc3)s2)s1)OCc1ccccc1. The normalized spacial score (nSPS) is 12.0. The number of aliphatic hydroxyl groups is 2. The predicted molar refractivity (Wildman–Crippen MR) is 195 cm³/mol. The molecule has 0 aliphatic heterocycles. The fourth-order valence-electron chi connectivity index (χ4n) is 3.94. The van der Waals surface area contributed by atoms with Crippen LogP contribution in [0.4, 0.5) is 19.9 Å². The number of carbonyl (C=O) groups excluding carboxylic acids is 4. The van der Waals surface area contributed by atoms with Gasteiger partial charge in [0.1, 0.15) is 34.5 Å². The molecule has 4 amide bonds. The molecule has 0 spiro atoms. The molecule has 0 bridgehead atoms. The number of ether oxygens (including phenoxy) is 2. The predicted octanol–water partition coefficient (Wildman–Crippen LogP) is 3.40. The maximum Gasteiger partial charge on any atom is 0.417 e. The van der Waals surface area contributed by atoms with Gasteiger partial charge < -0.3 is 25.0 Å². The number of aromatic nitrogens is 4. The zero-order valence-corrected chi connectivity index (χ0v) is 30.3. The number of thioether (sulfide) groups is 1. The van der Waals surface area contributed by atoms with E-state index in [0.717, 1.165) is 39.6 Å². The van der Waals surface area contributed by atoms with Gasteiger partial charge in [0.2, 0.25) is 16.2 Å². The smallest absolute Gasteiger partial charge is 0.417 e. The lowest BCUT2D eigenvalue weighted by molar-refractivity contribution is -0.119. The highest BCUT2D eigenvalue weighted by Crippen LogP contribution is 2.21. The summed E-state index contributed by atoms with van der Waals surface area (Å²) in [6.45, 7) is -0.785. The van der Waals surface area contributed by atoms with Crippen molar-refractivity contribution >= 4 is 80.6 Å². The number of nitrogens with one attached hydrogen (secondary N) is 4. The average Bonchev–Trinajstić information content (AvgIpc) is 3.80. The van der Waals surface area contributed by atoms with Gasteiger partial charge in [0, 0.05) is 19.4 Å². The minimum atomic E-state index is -1.23. The summed E-state index contributed by atoms with van der Waals surface area (Å²) in [6.07, 6.45) is -0.226. The highest BCUT2D eigenvalue weighted by Gasteiger charge is 2.23. The Balaban J connectivity index is 1.10. The summed E-state index contributed by atoms with van der Waals surface area (Å²) < 4.78 is 12.8. The monoisotopic (exact) mass is 776 g/mol. The van der Waals surface area contributed by atoms with Crippen molar-refractivity contribution in [3.63, 3.8) is 0 Å². The number of carbonyl (C=O) groups is 4. The van der Waals surface area contributed by atoms with Crippen LogP contribution in [0, 0.1) is 0 Å². The fraction of sp³-hybridized carbons (Fsp3) is 0.355. The van der Waals surface area contributed by atoms with Crippen molar-refractivity contribution in [2.45, 2.75) is 43.8 Å². The number of amides is 4. The van der Waals surface area contributed by atoms with Gasteiger partial charge in [-0.25, -0.2) is 9.59 Å². The maximum absolute atomic E-state index is 12.8. The lowest BCUT2D eigenvalue weighted by Crippen LogP contribution is -2.46. The Bertz CT molecular complexity index is 1680. The van der Waals surface area contributed by atoms with Crippen LogP contribution >= 0.6 is 46.4 Å². The van der Waals surface area contributed by atoms with Crippen LogP contribution in [0.1, 0.15) is 27.6 Å². The van der Waals surface area contributed by atoms with E-state index in [1.165, 1.54) is 22.7 Å². The molecule has 4 rings (SSSR count). The summed E-state index contributed by atoms with van der Waals surface area (Å²) in [4.78, 5) is 49.5. The molecule has 1 unspecified atom stereocenters. The van der Waals surface area contributed by atoms with Crippen LogP contribution in [-0.2, 0) is 45.1 Å². The molecule has 2 atom stereocenters. The van der Waals surface area contributed by atoms with Crippen molar-refractivity contribution < 1.29 is 38.9 Å². The first kappa shape index (κ1) is 39.4. The number of benzene rings is 2. The highest BCUT2D eigenvalue weighted by atomic mass is 32.2. The minimum absolute atomic E-state index is 0.0203. The number of aliphatic hydroxyl groups excluding tert-OH is 2. The molecule has 6 N–H and O–H groups in total. The van der Waals surface area contributed by atoms with E-state index in [1.807, 2.05) is 48.5 Å². The third-order valence-corrected chi connectivity index (χ3v) is 10.3. The van der Waals surface area contributed by atoms with Gasteiger partial charge >= 0.3 is 12.2 Å². The largest absolute Gasteiger partial charge is 0.445 e.